The van der Waals surface area contributed by atoms with Crippen LogP contribution in [0.4, 0.5) is 10.5 Å². The predicted octanol–water partition coefficient (Wildman–Crippen LogP) is 3.63. The third kappa shape index (κ3) is 4.13. The van der Waals surface area contributed by atoms with E-state index >= 15 is 0 Å². The molecule has 1 aliphatic rings. The second-order valence-electron chi connectivity index (χ2n) is 6.93. The molecule has 4 nitrogen and oxygen atoms in total. The number of rotatable bonds is 2. The summed E-state index contributed by atoms with van der Waals surface area (Å²) in [6, 6.07) is 8.03. The molecule has 0 saturated carbocycles. The Balaban J connectivity index is 1.95. The van der Waals surface area contributed by atoms with Crippen LogP contribution in [0.2, 0.25) is 0 Å². The van der Waals surface area contributed by atoms with Gasteiger partial charge in [-0.1, -0.05) is 19.1 Å². The second kappa shape index (κ2) is 5.96. The summed E-state index contributed by atoms with van der Waals surface area (Å²) >= 11 is 0. The van der Waals surface area contributed by atoms with Crippen molar-refractivity contribution in [2.45, 2.75) is 45.6 Å². The fourth-order valence-electron chi connectivity index (χ4n) is 2.76. The minimum absolute atomic E-state index is 0.200. The second-order valence-corrected chi connectivity index (χ2v) is 6.93. The maximum atomic E-state index is 12.1. The number of likely N-dealkylation sites (tertiary alicyclic amines) is 1. The van der Waals surface area contributed by atoms with E-state index in [1.54, 1.807) is 0 Å². The summed E-state index contributed by atoms with van der Waals surface area (Å²) in [5.74, 6) is 0.888. The lowest BCUT2D eigenvalue weighted by Gasteiger charge is -2.25. The molecule has 116 valence electrons. The largest absolute Gasteiger partial charge is 0.444 e. The highest BCUT2D eigenvalue weighted by Crippen LogP contribution is 2.32. The number of nitrogen functional groups attached to an aromatic ring is 1. The lowest BCUT2D eigenvalue weighted by Crippen LogP contribution is -2.35. The Kier molecular flexibility index (Phi) is 4.45. The molecule has 1 fully saturated rings. The van der Waals surface area contributed by atoms with Crippen molar-refractivity contribution in [1.29, 1.82) is 0 Å². The molecule has 1 saturated heterocycles. The number of nitrogens with zero attached hydrogens (tertiary/aromatic N) is 1. The van der Waals surface area contributed by atoms with Crippen molar-refractivity contribution in [2.75, 3.05) is 18.8 Å². The molecule has 0 bridgehead atoms. The quantitative estimate of drug-likeness (QED) is 0.846. The molecule has 0 radical (unpaired) electrons. The Hall–Kier alpha value is -1.71. The lowest BCUT2D eigenvalue weighted by molar-refractivity contribution is 0.0287. The summed E-state index contributed by atoms with van der Waals surface area (Å²) < 4.78 is 5.44. The van der Waals surface area contributed by atoms with Crippen LogP contribution >= 0.6 is 0 Å². The number of ether oxygens (including phenoxy) is 1. The van der Waals surface area contributed by atoms with Gasteiger partial charge in [0.2, 0.25) is 0 Å². The van der Waals surface area contributed by atoms with E-state index in [0.29, 0.717) is 11.8 Å². The summed E-state index contributed by atoms with van der Waals surface area (Å²) in [5.41, 5.74) is 7.36. The fraction of sp³-hybridized carbons (Fsp3) is 0.588. The Bertz CT molecular complexity index is 491. The highest BCUT2D eigenvalue weighted by Gasteiger charge is 2.32. The minimum Gasteiger partial charge on any atom is -0.444 e. The van der Waals surface area contributed by atoms with Crippen molar-refractivity contribution in [1.82, 2.24) is 4.90 Å². The zero-order valence-electron chi connectivity index (χ0n) is 13.4. The van der Waals surface area contributed by atoms with E-state index < -0.39 is 5.60 Å². The van der Waals surface area contributed by atoms with Gasteiger partial charge in [-0.05, 0) is 56.7 Å². The molecule has 4 heteroatoms. The number of carbonyl (C=O) groups excluding carboxylic acids is 1. The van der Waals surface area contributed by atoms with Gasteiger partial charge < -0.3 is 15.4 Å². The Morgan fingerprint density at radius 3 is 2.52 bits per heavy atom. The summed E-state index contributed by atoms with van der Waals surface area (Å²) in [5, 5.41) is 0. The molecule has 1 aromatic rings. The third-order valence-electron chi connectivity index (χ3n) is 4.05. The van der Waals surface area contributed by atoms with E-state index in [1.165, 1.54) is 5.56 Å². The van der Waals surface area contributed by atoms with Crippen molar-refractivity contribution in [2.24, 2.45) is 5.92 Å². The first-order valence-corrected chi connectivity index (χ1v) is 7.59. The Labute approximate surface area is 127 Å². The van der Waals surface area contributed by atoms with E-state index in [4.69, 9.17) is 10.5 Å². The van der Waals surface area contributed by atoms with E-state index in [2.05, 4.69) is 19.1 Å². The van der Waals surface area contributed by atoms with Crippen LogP contribution in [-0.2, 0) is 4.74 Å². The van der Waals surface area contributed by atoms with Crippen molar-refractivity contribution < 1.29 is 9.53 Å². The Morgan fingerprint density at radius 2 is 1.95 bits per heavy atom. The lowest BCUT2D eigenvalue weighted by atomic mass is 9.87. The van der Waals surface area contributed by atoms with Crippen LogP contribution in [-0.4, -0.2) is 29.7 Å². The van der Waals surface area contributed by atoms with Crippen LogP contribution in [0.15, 0.2) is 24.3 Å². The molecule has 1 amide bonds. The smallest absolute Gasteiger partial charge is 0.410 e. The van der Waals surface area contributed by atoms with Crippen LogP contribution in [0.5, 0.6) is 0 Å². The molecule has 2 rings (SSSR count). The SMILES string of the molecule is CC(c1ccc(N)cc1)C1CCN(C(=O)OC(C)(C)C)C1. The van der Waals surface area contributed by atoms with Crippen LogP contribution in [0, 0.1) is 5.92 Å². The molecule has 1 aliphatic heterocycles. The maximum absolute atomic E-state index is 12.1. The van der Waals surface area contributed by atoms with E-state index in [9.17, 15) is 4.79 Å². The summed E-state index contributed by atoms with van der Waals surface area (Å²) in [6.07, 6.45) is 0.819. The minimum atomic E-state index is -0.433. The van der Waals surface area contributed by atoms with Gasteiger partial charge in [0.1, 0.15) is 5.60 Å². The third-order valence-corrected chi connectivity index (χ3v) is 4.05. The van der Waals surface area contributed by atoms with E-state index in [1.807, 2.05) is 37.8 Å². The highest BCUT2D eigenvalue weighted by atomic mass is 16.6. The molecule has 2 N–H and O–H groups in total. The van der Waals surface area contributed by atoms with Gasteiger partial charge in [0.25, 0.3) is 0 Å². The Morgan fingerprint density at radius 1 is 1.33 bits per heavy atom. The molecule has 21 heavy (non-hydrogen) atoms. The van der Waals surface area contributed by atoms with Gasteiger partial charge in [0, 0.05) is 18.8 Å². The van der Waals surface area contributed by atoms with Gasteiger partial charge in [-0.25, -0.2) is 4.79 Å². The van der Waals surface area contributed by atoms with Gasteiger partial charge in [-0.15, -0.1) is 0 Å². The monoisotopic (exact) mass is 290 g/mol. The molecule has 1 heterocycles. The van der Waals surface area contributed by atoms with Crippen LogP contribution in [0.3, 0.4) is 0 Å². The molecule has 2 unspecified atom stereocenters. The number of benzene rings is 1. The number of carbonyl (C=O) groups is 1. The molecule has 0 spiro atoms. The fourth-order valence-corrected chi connectivity index (χ4v) is 2.76. The predicted molar refractivity (Wildman–Crippen MR) is 85.2 cm³/mol. The average Bonchev–Trinajstić information content (AvgIpc) is 2.86. The first kappa shape index (κ1) is 15.7. The maximum Gasteiger partial charge on any atom is 0.410 e. The van der Waals surface area contributed by atoms with Gasteiger partial charge in [0.05, 0.1) is 0 Å². The molecule has 2 atom stereocenters. The topological polar surface area (TPSA) is 55.6 Å². The van der Waals surface area contributed by atoms with E-state index in [-0.39, 0.29) is 6.09 Å². The standard InChI is InChI=1S/C17H26N2O2/c1-12(13-5-7-15(18)8-6-13)14-9-10-19(11-14)16(20)21-17(2,3)4/h5-8,12,14H,9-11,18H2,1-4H3. The first-order chi connectivity index (χ1) is 9.76. The molecular formula is C17H26N2O2. The van der Waals surface area contributed by atoms with Gasteiger partial charge in [0.15, 0.2) is 0 Å². The molecule has 0 aliphatic carbocycles. The van der Waals surface area contributed by atoms with Crippen molar-refractivity contribution in [3.8, 4) is 0 Å². The number of hydrogen-bond acceptors (Lipinski definition) is 3. The molecular weight excluding hydrogens is 264 g/mol. The molecule has 0 aromatic heterocycles. The summed E-state index contributed by atoms with van der Waals surface area (Å²) in [4.78, 5) is 13.9. The van der Waals surface area contributed by atoms with E-state index in [0.717, 1.165) is 25.2 Å². The van der Waals surface area contributed by atoms with Crippen LogP contribution < -0.4 is 5.73 Å². The number of hydrogen-bond donors (Lipinski definition) is 1. The van der Waals surface area contributed by atoms with Crippen molar-refractivity contribution in [3.63, 3.8) is 0 Å². The van der Waals surface area contributed by atoms with Crippen molar-refractivity contribution >= 4 is 11.8 Å². The van der Waals surface area contributed by atoms with Gasteiger partial charge in [-0.2, -0.15) is 0 Å². The van der Waals surface area contributed by atoms with Gasteiger partial charge >= 0.3 is 6.09 Å². The summed E-state index contributed by atoms with van der Waals surface area (Å²) in [7, 11) is 0. The number of anilines is 1. The van der Waals surface area contributed by atoms with Gasteiger partial charge in [-0.3, -0.25) is 0 Å². The number of amides is 1. The van der Waals surface area contributed by atoms with Crippen molar-refractivity contribution in [3.05, 3.63) is 29.8 Å². The van der Waals surface area contributed by atoms with Crippen LogP contribution in [0.1, 0.15) is 45.6 Å². The summed E-state index contributed by atoms with van der Waals surface area (Å²) in [6.45, 7) is 9.45. The average molecular weight is 290 g/mol. The normalized spacial score (nSPS) is 20.4. The highest BCUT2D eigenvalue weighted by molar-refractivity contribution is 5.68. The molecule has 1 aromatic carbocycles. The zero-order valence-corrected chi connectivity index (χ0v) is 13.4. The first-order valence-electron chi connectivity index (χ1n) is 7.59. The van der Waals surface area contributed by atoms with Crippen LogP contribution in [0.25, 0.3) is 0 Å². The zero-order chi connectivity index (χ0) is 15.6. The number of nitrogens with two attached hydrogens (primary N) is 1.